The van der Waals surface area contributed by atoms with Gasteiger partial charge < -0.3 is 14.5 Å². The molecule has 1 aliphatic carbocycles. The van der Waals surface area contributed by atoms with Crippen LogP contribution < -0.4 is 0 Å². The molecule has 1 atom stereocenters. The van der Waals surface area contributed by atoms with Crippen molar-refractivity contribution >= 4 is 12.0 Å². The summed E-state index contributed by atoms with van der Waals surface area (Å²) in [7, 11) is 0. The Kier molecular flexibility index (Phi) is 5.48. The quantitative estimate of drug-likeness (QED) is 0.627. The number of hydrogen-bond donors (Lipinski definition) is 0. The maximum absolute atomic E-state index is 13.0. The molecule has 2 amide bonds. The SMILES string of the molecule is O=C(OC(C(F)(F)F)C(F)(F)F)N1CCC2(CC1)C[C@@H]2C(=O)N1CCc2ncncc2C1. The summed E-state index contributed by atoms with van der Waals surface area (Å²) in [4.78, 5) is 35.6. The van der Waals surface area contributed by atoms with E-state index in [4.69, 9.17) is 0 Å². The molecule has 2 fully saturated rings. The predicted molar refractivity (Wildman–Crippen MR) is 94.9 cm³/mol. The van der Waals surface area contributed by atoms with Crippen LogP contribution in [0.3, 0.4) is 0 Å². The molecule has 7 nitrogen and oxygen atoms in total. The lowest BCUT2D eigenvalue weighted by atomic mass is 9.90. The standard InChI is InChI=1S/C19H20F6N4O3/c20-18(21,22)15(19(23,24)25)32-16(31)28-5-2-17(3-6-28)7-12(17)14(30)29-4-1-13-11(9-29)8-26-10-27-13/h8,10,12,15H,1-7,9H2/t12-/m1/s1. The Labute approximate surface area is 178 Å². The second kappa shape index (κ2) is 7.77. The number of likely N-dealkylation sites (tertiary alicyclic amines) is 1. The minimum atomic E-state index is -5.75. The molecule has 13 heteroatoms. The van der Waals surface area contributed by atoms with Gasteiger partial charge in [-0.05, 0) is 24.7 Å². The van der Waals surface area contributed by atoms with E-state index < -0.39 is 24.5 Å². The Morgan fingerprint density at radius 3 is 2.34 bits per heavy atom. The summed E-state index contributed by atoms with van der Waals surface area (Å²) in [6.07, 6.45) is -12.4. The summed E-state index contributed by atoms with van der Waals surface area (Å²) >= 11 is 0. The number of rotatable bonds is 2. The summed E-state index contributed by atoms with van der Waals surface area (Å²) in [5, 5.41) is 0. The van der Waals surface area contributed by atoms with E-state index in [1.807, 2.05) is 0 Å². The van der Waals surface area contributed by atoms with Crippen LogP contribution in [-0.2, 0) is 22.5 Å². The zero-order valence-corrected chi connectivity index (χ0v) is 16.7. The third-order valence-electron chi connectivity index (χ3n) is 6.49. The van der Waals surface area contributed by atoms with Crippen LogP contribution in [0.1, 0.15) is 30.5 Å². The average molecular weight is 466 g/mol. The molecule has 0 aromatic carbocycles. The van der Waals surface area contributed by atoms with E-state index >= 15 is 0 Å². The first-order valence-corrected chi connectivity index (χ1v) is 10.1. The number of carbonyl (C=O) groups excluding carboxylic acids is 2. The molecule has 3 aliphatic rings. The second-order valence-corrected chi connectivity index (χ2v) is 8.46. The van der Waals surface area contributed by atoms with Crippen LogP contribution in [0, 0.1) is 11.3 Å². The van der Waals surface area contributed by atoms with E-state index in [0.29, 0.717) is 38.8 Å². The van der Waals surface area contributed by atoms with Crippen molar-refractivity contribution in [2.75, 3.05) is 19.6 Å². The molecule has 0 unspecified atom stereocenters. The first-order valence-electron chi connectivity index (χ1n) is 10.1. The fraction of sp³-hybridized carbons (Fsp3) is 0.684. The normalized spacial score (nSPS) is 22.7. The molecule has 1 spiro atoms. The van der Waals surface area contributed by atoms with Crippen molar-refractivity contribution in [2.24, 2.45) is 11.3 Å². The van der Waals surface area contributed by atoms with Crippen LogP contribution in [-0.4, -0.2) is 69.9 Å². The van der Waals surface area contributed by atoms with E-state index in [1.54, 1.807) is 11.1 Å². The molecular formula is C19H20F6N4O3. The Bertz CT molecular complexity index is 884. The van der Waals surface area contributed by atoms with Crippen molar-refractivity contribution in [1.29, 1.82) is 0 Å². The molecule has 2 aliphatic heterocycles. The van der Waals surface area contributed by atoms with Gasteiger partial charge in [-0.15, -0.1) is 0 Å². The Morgan fingerprint density at radius 1 is 1.06 bits per heavy atom. The molecule has 32 heavy (non-hydrogen) atoms. The van der Waals surface area contributed by atoms with Crippen LogP contribution in [0.25, 0.3) is 0 Å². The van der Waals surface area contributed by atoms with Crippen molar-refractivity contribution in [2.45, 2.75) is 50.7 Å². The van der Waals surface area contributed by atoms with Gasteiger partial charge in [0.25, 0.3) is 6.10 Å². The first-order chi connectivity index (χ1) is 14.9. The highest BCUT2D eigenvalue weighted by molar-refractivity contribution is 5.83. The lowest BCUT2D eigenvalue weighted by Gasteiger charge is -2.34. The van der Waals surface area contributed by atoms with Crippen molar-refractivity contribution in [3.8, 4) is 0 Å². The van der Waals surface area contributed by atoms with Crippen molar-refractivity contribution < 1.29 is 40.7 Å². The van der Waals surface area contributed by atoms with Crippen LogP contribution in [0.4, 0.5) is 31.1 Å². The van der Waals surface area contributed by atoms with Gasteiger partial charge in [0.2, 0.25) is 5.91 Å². The van der Waals surface area contributed by atoms with E-state index in [9.17, 15) is 35.9 Å². The first kappa shape index (κ1) is 22.6. The highest BCUT2D eigenvalue weighted by atomic mass is 19.4. The number of ether oxygens (including phenoxy) is 1. The summed E-state index contributed by atoms with van der Waals surface area (Å²) in [6.45, 7) is 0.782. The van der Waals surface area contributed by atoms with Gasteiger partial charge in [-0.25, -0.2) is 14.8 Å². The van der Waals surface area contributed by atoms with Crippen molar-refractivity contribution in [1.82, 2.24) is 19.8 Å². The summed E-state index contributed by atoms with van der Waals surface area (Å²) in [6, 6.07) is 0. The molecule has 1 saturated heterocycles. The minimum absolute atomic E-state index is 0.0373. The third-order valence-corrected chi connectivity index (χ3v) is 6.49. The van der Waals surface area contributed by atoms with Gasteiger partial charge in [0, 0.05) is 50.3 Å². The zero-order chi connectivity index (χ0) is 23.3. The highest BCUT2D eigenvalue weighted by Crippen LogP contribution is 2.60. The second-order valence-electron chi connectivity index (χ2n) is 8.46. The number of nitrogens with zero attached hydrogens (tertiary/aromatic N) is 4. The Balaban J connectivity index is 1.32. The smallest absolute Gasteiger partial charge is 0.426 e. The minimum Gasteiger partial charge on any atom is -0.426 e. The zero-order valence-electron chi connectivity index (χ0n) is 16.7. The lowest BCUT2D eigenvalue weighted by Crippen LogP contribution is -2.49. The van der Waals surface area contributed by atoms with E-state index in [2.05, 4.69) is 14.7 Å². The number of alkyl halides is 6. The summed E-state index contributed by atoms with van der Waals surface area (Å²) < 4.78 is 79.5. The predicted octanol–water partition coefficient (Wildman–Crippen LogP) is 3.09. The van der Waals surface area contributed by atoms with Gasteiger partial charge in [-0.2, -0.15) is 26.3 Å². The maximum Gasteiger partial charge on any atom is 0.434 e. The molecule has 1 aromatic rings. The lowest BCUT2D eigenvalue weighted by molar-refractivity contribution is -0.308. The Hall–Kier alpha value is -2.60. The molecule has 1 saturated carbocycles. The summed E-state index contributed by atoms with van der Waals surface area (Å²) in [5.74, 6) is -0.310. The van der Waals surface area contributed by atoms with Crippen LogP contribution in [0.5, 0.6) is 0 Å². The molecule has 0 N–H and O–H groups in total. The fourth-order valence-electron chi connectivity index (χ4n) is 4.55. The largest absolute Gasteiger partial charge is 0.434 e. The molecule has 176 valence electrons. The van der Waals surface area contributed by atoms with Crippen molar-refractivity contribution in [3.63, 3.8) is 0 Å². The number of fused-ring (bicyclic) bond motifs is 1. The summed E-state index contributed by atoms with van der Waals surface area (Å²) in [5.41, 5.74) is 1.40. The number of hydrogen-bond acceptors (Lipinski definition) is 5. The van der Waals surface area contributed by atoms with Gasteiger partial charge >= 0.3 is 18.4 Å². The molecule has 1 aromatic heterocycles. The molecule has 3 heterocycles. The average Bonchev–Trinajstić information content (AvgIpc) is 3.42. The van der Waals surface area contributed by atoms with Gasteiger partial charge in [-0.1, -0.05) is 0 Å². The molecule has 0 bridgehead atoms. The highest BCUT2D eigenvalue weighted by Gasteiger charge is 2.62. The number of piperidine rings is 1. The Morgan fingerprint density at radius 2 is 1.72 bits per heavy atom. The van der Waals surface area contributed by atoms with Crippen LogP contribution in [0.15, 0.2) is 12.5 Å². The van der Waals surface area contributed by atoms with E-state index in [-0.39, 0.29) is 30.3 Å². The fourth-order valence-corrected chi connectivity index (χ4v) is 4.55. The van der Waals surface area contributed by atoms with E-state index in [0.717, 1.165) is 16.2 Å². The molecular weight excluding hydrogens is 446 g/mol. The number of halogens is 6. The monoisotopic (exact) mass is 466 g/mol. The molecule has 0 radical (unpaired) electrons. The van der Waals surface area contributed by atoms with E-state index in [1.165, 1.54) is 6.33 Å². The molecule has 4 rings (SSSR count). The van der Waals surface area contributed by atoms with Gasteiger partial charge in [-0.3, -0.25) is 4.79 Å². The van der Waals surface area contributed by atoms with Crippen LogP contribution in [0.2, 0.25) is 0 Å². The third kappa shape index (κ3) is 4.33. The van der Waals surface area contributed by atoms with Crippen LogP contribution >= 0.6 is 0 Å². The number of amides is 2. The van der Waals surface area contributed by atoms with Crippen molar-refractivity contribution in [3.05, 3.63) is 23.8 Å². The topological polar surface area (TPSA) is 75.6 Å². The number of carbonyl (C=O) groups is 2. The van der Waals surface area contributed by atoms with Gasteiger partial charge in [0.1, 0.15) is 6.33 Å². The maximum atomic E-state index is 13.0. The number of aromatic nitrogens is 2. The van der Waals surface area contributed by atoms with Gasteiger partial charge in [0.05, 0.1) is 5.69 Å². The van der Waals surface area contributed by atoms with Gasteiger partial charge in [0.15, 0.2) is 0 Å².